The quantitative estimate of drug-likeness (QED) is 0.0222. The predicted octanol–water partition coefficient (Wildman–Crippen LogP) is 23.9. The van der Waals surface area contributed by atoms with E-state index in [9.17, 15) is 43.2 Å². The van der Waals surface area contributed by atoms with Gasteiger partial charge in [-0.25, -0.2) is 9.13 Å². The minimum Gasteiger partial charge on any atom is -0.462 e. The van der Waals surface area contributed by atoms with Crippen LogP contribution in [-0.2, 0) is 65.4 Å². The second kappa shape index (κ2) is 71.7. The van der Waals surface area contributed by atoms with Crippen LogP contribution in [-0.4, -0.2) is 96.7 Å². The van der Waals surface area contributed by atoms with Gasteiger partial charge >= 0.3 is 39.5 Å². The molecule has 99 heavy (non-hydrogen) atoms. The van der Waals surface area contributed by atoms with E-state index in [0.29, 0.717) is 25.7 Å². The zero-order chi connectivity index (χ0) is 72.8. The molecular weight excluding hydrogens is 1290 g/mol. The maximum absolute atomic E-state index is 13.1. The number of phosphoric ester groups is 2. The number of hydrogen-bond acceptors (Lipinski definition) is 15. The molecule has 6 atom stereocenters. The Kier molecular flexibility index (Phi) is 70.3. The Labute approximate surface area is 607 Å². The third kappa shape index (κ3) is 72.8. The number of aliphatic hydroxyl groups is 1. The number of aliphatic hydroxyl groups excluding tert-OH is 1. The molecule has 0 aromatic rings. The van der Waals surface area contributed by atoms with Crippen molar-refractivity contribution in [3.8, 4) is 0 Å². The van der Waals surface area contributed by atoms with Crippen LogP contribution in [0.1, 0.15) is 420 Å². The number of carbonyl (C=O) groups excluding carboxylic acids is 4. The van der Waals surface area contributed by atoms with E-state index in [-0.39, 0.29) is 25.7 Å². The standard InChI is InChI=1S/C80H156O17P2/c1-7-10-12-14-16-18-20-22-24-29-33-37-44-50-56-62-77(82)90-68-75(96-79(84)65-59-53-47-39-35-31-27-26-28-32-36-43-49-55-61-73(6)9-3)70-94-98(86,87)92-66-74(81)67-93-99(88,89)95-71-76(69-91-78(83)63-57-51-45-41-40-42-48-54-60-72(4)5)97-80(85)64-58-52-46-38-34-30-25-23-21-19-17-15-13-11-8-2/h72-76,81H,7-71H2,1-6H3,(H,86,87)(H,88,89)/t73?,74-,75-,76-/m1/s1. The molecule has 0 saturated heterocycles. The Morgan fingerprint density at radius 3 is 0.768 bits per heavy atom. The van der Waals surface area contributed by atoms with E-state index in [0.717, 1.165) is 102 Å². The van der Waals surface area contributed by atoms with Gasteiger partial charge in [0.2, 0.25) is 0 Å². The smallest absolute Gasteiger partial charge is 0.462 e. The van der Waals surface area contributed by atoms with E-state index >= 15 is 0 Å². The molecular formula is C80H156O17P2. The van der Waals surface area contributed by atoms with Crippen molar-refractivity contribution in [2.45, 2.75) is 439 Å². The maximum atomic E-state index is 13.1. The summed E-state index contributed by atoms with van der Waals surface area (Å²) < 4.78 is 68.7. The molecule has 0 saturated carbocycles. The van der Waals surface area contributed by atoms with E-state index in [4.69, 9.17) is 37.0 Å². The van der Waals surface area contributed by atoms with E-state index < -0.39 is 97.5 Å². The maximum Gasteiger partial charge on any atom is 0.472 e. The molecule has 0 radical (unpaired) electrons. The number of unbranched alkanes of at least 4 members (excludes halogenated alkanes) is 48. The Morgan fingerprint density at radius 2 is 0.515 bits per heavy atom. The second-order valence-corrected chi connectivity index (χ2v) is 32.4. The van der Waals surface area contributed by atoms with Gasteiger partial charge in [0.15, 0.2) is 12.2 Å². The van der Waals surface area contributed by atoms with Gasteiger partial charge in [-0.3, -0.25) is 37.3 Å². The third-order valence-corrected chi connectivity index (χ3v) is 21.0. The molecule has 17 nitrogen and oxygen atoms in total. The average molecular weight is 1450 g/mol. The van der Waals surface area contributed by atoms with Crippen LogP contribution in [0, 0.1) is 11.8 Å². The van der Waals surface area contributed by atoms with Crippen LogP contribution in [0.15, 0.2) is 0 Å². The fourth-order valence-corrected chi connectivity index (χ4v) is 13.9. The lowest BCUT2D eigenvalue weighted by Crippen LogP contribution is -2.30. The van der Waals surface area contributed by atoms with Crippen LogP contribution in [0.25, 0.3) is 0 Å². The minimum atomic E-state index is -4.96. The van der Waals surface area contributed by atoms with Crippen molar-refractivity contribution in [1.82, 2.24) is 0 Å². The first-order valence-electron chi connectivity index (χ1n) is 41.5. The lowest BCUT2D eigenvalue weighted by atomic mass is 9.99. The van der Waals surface area contributed by atoms with Crippen molar-refractivity contribution in [2.75, 3.05) is 39.6 Å². The molecule has 0 aliphatic heterocycles. The van der Waals surface area contributed by atoms with E-state index in [1.807, 2.05) is 0 Å². The number of rotatable bonds is 79. The van der Waals surface area contributed by atoms with Crippen molar-refractivity contribution in [3.63, 3.8) is 0 Å². The van der Waals surface area contributed by atoms with Crippen molar-refractivity contribution < 1.29 is 80.2 Å². The fraction of sp³-hybridized carbons (Fsp3) is 0.950. The van der Waals surface area contributed by atoms with Crippen molar-refractivity contribution >= 4 is 39.5 Å². The van der Waals surface area contributed by atoms with Gasteiger partial charge in [0.25, 0.3) is 0 Å². The number of phosphoric acid groups is 2. The summed E-state index contributed by atoms with van der Waals surface area (Å²) in [5.74, 6) is -0.536. The summed E-state index contributed by atoms with van der Waals surface area (Å²) in [5, 5.41) is 10.6. The number of hydrogen-bond donors (Lipinski definition) is 3. The second-order valence-electron chi connectivity index (χ2n) is 29.5. The van der Waals surface area contributed by atoms with Gasteiger partial charge in [-0.1, -0.05) is 369 Å². The zero-order valence-electron chi connectivity index (χ0n) is 64.8. The molecule has 0 bridgehead atoms. The largest absolute Gasteiger partial charge is 0.472 e. The first-order valence-corrected chi connectivity index (χ1v) is 44.5. The lowest BCUT2D eigenvalue weighted by molar-refractivity contribution is -0.161. The number of esters is 4. The summed E-state index contributed by atoms with van der Waals surface area (Å²) in [4.78, 5) is 73.0. The summed E-state index contributed by atoms with van der Waals surface area (Å²) in [7, 11) is -9.92. The van der Waals surface area contributed by atoms with Crippen LogP contribution in [0.2, 0.25) is 0 Å². The predicted molar refractivity (Wildman–Crippen MR) is 405 cm³/mol. The highest BCUT2D eigenvalue weighted by atomic mass is 31.2. The number of ether oxygens (including phenoxy) is 4. The molecule has 3 unspecified atom stereocenters. The van der Waals surface area contributed by atoms with Crippen LogP contribution < -0.4 is 0 Å². The molecule has 0 fully saturated rings. The fourth-order valence-electron chi connectivity index (χ4n) is 12.3. The highest BCUT2D eigenvalue weighted by Crippen LogP contribution is 2.45. The first-order chi connectivity index (χ1) is 47.9. The van der Waals surface area contributed by atoms with E-state index in [1.54, 1.807) is 0 Å². The Balaban J connectivity index is 5.26. The van der Waals surface area contributed by atoms with Crippen molar-refractivity contribution in [2.24, 2.45) is 11.8 Å². The Bertz CT molecular complexity index is 1910. The van der Waals surface area contributed by atoms with Crippen LogP contribution in [0.3, 0.4) is 0 Å². The van der Waals surface area contributed by atoms with Crippen molar-refractivity contribution in [3.05, 3.63) is 0 Å². The molecule has 0 aliphatic rings. The number of carbonyl (C=O) groups is 4. The topological polar surface area (TPSA) is 237 Å². The van der Waals surface area contributed by atoms with E-state index in [2.05, 4.69) is 41.5 Å². The van der Waals surface area contributed by atoms with E-state index in [1.165, 1.54) is 238 Å². The lowest BCUT2D eigenvalue weighted by Gasteiger charge is -2.21. The normalized spacial score (nSPS) is 14.2. The molecule has 0 amide bonds. The minimum absolute atomic E-state index is 0.108. The highest BCUT2D eigenvalue weighted by Gasteiger charge is 2.30. The van der Waals surface area contributed by atoms with Gasteiger partial charge in [0.05, 0.1) is 26.4 Å². The highest BCUT2D eigenvalue weighted by molar-refractivity contribution is 7.47. The molecule has 0 aliphatic carbocycles. The average Bonchev–Trinajstić information content (AvgIpc) is 1.03. The van der Waals surface area contributed by atoms with Crippen molar-refractivity contribution in [1.29, 1.82) is 0 Å². The van der Waals surface area contributed by atoms with Gasteiger partial charge in [-0.05, 0) is 37.5 Å². The molecule has 3 N–H and O–H groups in total. The molecule has 0 aromatic heterocycles. The summed E-state index contributed by atoms with van der Waals surface area (Å²) >= 11 is 0. The van der Waals surface area contributed by atoms with Crippen LogP contribution >= 0.6 is 15.6 Å². The van der Waals surface area contributed by atoms with Gasteiger partial charge in [0, 0.05) is 25.7 Å². The van der Waals surface area contributed by atoms with Gasteiger partial charge in [-0.15, -0.1) is 0 Å². The zero-order valence-corrected chi connectivity index (χ0v) is 66.6. The molecule has 0 heterocycles. The van der Waals surface area contributed by atoms with Gasteiger partial charge < -0.3 is 33.8 Å². The molecule has 19 heteroatoms. The summed E-state index contributed by atoms with van der Waals surface area (Å²) in [6.45, 7) is 9.66. The SMILES string of the molecule is CCCCCCCCCCCCCCCCCC(=O)OC[C@H](COP(=O)(O)OC[C@@H](O)COP(=O)(O)OC[C@@H](COC(=O)CCCCCCCCCCC(C)C)OC(=O)CCCCCCCCCCCCCCCCC)OC(=O)CCCCCCCCCCCCCCCCC(C)CC. The summed E-state index contributed by atoms with van der Waals surface area (Å²) in [6, 6.07) is 0. The molecule has 0 spiro atoms. The molecule has 0 aromatic carbocycles. The van der Waals surface area contributed by atoms with Crippen LogP contribution in [0.5, 0.6) is 0 Å². The third-order valence-electron chi connectivity index (χ3n) is 19.1. The Morgan fingerprint density at radius 1 is 0.293 bits per heavy atom. The molecule has 588 valence electrons. The van der Waals surface area contributed by atoms with Crippen LogP contribution in [0.4, 0.5) is 0 Å². The summed E-state index contributed by atoms with van der Waals surface area (Å²) in [5.41, 5.74) is 0. The monoisotopic (exact) mass is 1450 g/mol. The molecule has 0 rings (SSSR count). The van der Waals surface area contributed by atoms with Gasteiger partial charge in [0.1, 0.15) is 19.3 Å². The first kappa shape index (κ1) is 97.1. The van der Waals surface area contributed by atoms with Gasteiger partial charge in [-0.2, -0.15) is 0 Å². The summed E-state index contributed by atoms with van der Waals surface area (Å²) in [6.07, 6.45) is 60.9. The Hall–Kier alpha value is -1.94.